The van der Waals surface area contributed by atoms with Crippen LogP contribution in [-0.2, 0) is 4.79 Å². The van der Waals surface area contributed by atoms with Crippen molar-refractivity contribution in [3.8, 4) is 0 Å². The summed E-state index contributed by atoms with van der Waals surface area (Å²) in [5, 5.41) is 18.9. The van der Waals surface area contributed by atoms with Crippen LogP contribution in [0.2, 0.25) is 10.0 Å². The fourth-order valence-electron chi connectivity index (χ4n) is 6.62. The molecular weight excluding hydrogens is 528 g/mol. The lowest BCUT2D eigenvalue weighted by molar-refractivity contribution is -0.158. The third kappa shape index (κ3) is 4.44. The smallest absolute Gasteiger partial charge is 0.309 e. The number of carboxylic acid groups (broad SMARTS) is 1. The van der Waals surface area contributed by atoms with E-state index in [1.165, 1.54) is 6.42 Å². The van der Waals surface area contributed by atoms with Crippen LogP contribution in [0.25, 0.3) is 11.0 Å². The highest BCUT2D eigenvalue weighted by atomic mass is 35.5. The minimum absolute atomic E-state index is 0.244. The highest BCUT2D eigenvalue weighted by molar-refractivity contribution is 6.35. The molecule has 1 saturated carbocycles. The Morgan fingerprint density at radius 2 is 1.92 bits per heavy atom. The van der Waals surface area contributed by atoms with Crippen LogP contribution in [0, 0.1) is 23.1 Å². The monoisotopic (exact) mass is 559 g/mol. The third-order valence-corrected chi connectivity index (χ3v) is 9.69. The van der Waals surface area contributed by atoms with Gasteiger partial charge in [0.1, 0.15) is 5.52 Å². The Balaban J connectivity index is 1.14. The molecule has 3 aromatic rings. The Morgan fingerprint density at radius 1 is 1.16 bits per heavy atom. The average molecular weight is 561 g/mol. The van der Waals surface area contributed by atoms with E-state index in [9.17, 15) is 9.90 Å². The predicted molar refractivity (Wildman–Crippen MR) is 147 cm³/mol. The van der Waals surface area contributed by atoms with Crippen molar-refractivity contribution in [2.45, 2.75) is 51.6 Å². The van der Waals surface area contributed by atoms with Gasteiger partial charge in [0.05, 0.1) is 17.0 Å². The van der Waals surface area contributed by atoms with Gasteiger partial charge >= 0.3 is 5.97 Å². The number of carbonyl (C=O) groups is 1. The second-order valence-corrected chi connectivity index (χ2v) is 12.5. The summed E-state index contributed by atoms with van der Waals surface area (Å²) in [7, 11) is 0. The van der Waals surface area contributed by atoms with Gasteiger partial charge in [0, 0.05) is 41.4 Å². The average Bonchev–Trinajstić information content (AvgIpc) is 3.25. The van der Waals surface area contributed by atoms with E-state index in [1.807, 2.05) is 26.0 Å². The molecule has 0 radical (unpaired) electrons. The maximum atomic E-state index is 15.1. The fourth-order valence-corrected chi connectivity index (χ4v) is 7.18. The van der Waals surface area contributed by atoms with E-state index in [1.54, 1.807) is 22.9 Å². The summed E-state index contributed by atoms with van der Waals surface area (Å²) in [4.78, 5) is 16.3. The molecule has 2 aliphatic heterocycles. The van der Waals surface area contributed by atoms with Crippen molar-refractivity contribution in [2.75, 3.05) is 31.1 Å². The summed E-state index contributed by atoms with van der Waals surface area (Å²) in [5.74, 6) is 0.0853. The Morgan fingerprint density at radius 3 is 2.63 bits per heavy atom. The van der Waals surface area contributed by atoms with Crippen LogP contribution in [0.1, 0.15) is 51.1 Å². The molecule has 0 amide bonds. The quantitative estimate of drug-likeness (QED) is 0.406. The van der Waals surface area contributed by atoms with Crippen LogP contribution < -0.4 is 4.90 Å². The van der Waals surface area contributed by atoms with Gasteiger partial charge in [-0.1, -0.05) is 34.5 Å². The van der Waals surface area contributed by atoms with Gasteiger partial charge in [0.15, 0.2) is 5.82 Å². The lowest BCUT2D eigenvalue weighted by atomic mass is 9.65. The number of aromatic nitrogens is 3. The molecule has 202 valence electrons. The molecule has 1 aromatic heterocycles. The van der Waals surface area contributed by atoms with E-state index < -0.39 is 11.4 Å². The van der Waals surface area contributed by atoms with Crippen molar-refractivity contribution in [1.82, 2.24) is 19.9 Å². The Hall–Kier alpha value is -2.42. The maximum Gasteiger partial charge on any atom is 0.309 e. The Bertz CT molecular complexity index is 1390. The first kappa shape index (κ1) is 25.8. The predicted octanol–water partition coefficient (Wildman–Crippen LogP) is 5.89. The zero-order chi connectivity index (χ0) is 26.8. The van der Waals surface area contributed by atoms with E-state index in [-0.39, 0.29) is 17.4 Å². The van der Waals surface area contributed by atoms with Gasteiger partial charge in [-0.25, -0.2) is 9.07 Å². The first-order valence-electron chi connectivity index (χ1n) is 13.3. The van der Waals surface area contributed by atoms with Crippen molar-refractivity contribution in [3.05, 3.63) is 51.8 Å². The lowest BCUT2D eigenvalue weighted by Crippen LogP contribution is -2.58. The van der Waals surface area contributed by atoms with E-state index in [0.717, 1.165) is 56.7 Å². The Kier molecular flexibility index (Phi) is 6.56. The highest BCUT2D eigenvalue weighted by Crippen LogP contribution is 2.45. The van der Waals surface area contributed by atoms with Crippen molar-refractivity contribution < 1.29 is 14.3 Å². The molecule has 3 heterocycles. The number of benzene rings is 2. The molecule has 2 atom stereocenters. The van der Waals surface area contributed by atoms with E-state index in [4.69, 9.17) is 23.2 Å². The zero-order valence-electron chi connectivity index (χ0n) is 21.6. The number of piperidine rings is 1. The van der Waals surface area contributed by atoms with Gasteiger partial charge in [-0.15, -0.1) is 5.10 Å². The minimum atomic E-state index is -0.677. The molecule has 3 fully saturated rings. The van der Waals surface area contributed by atoms with Gasteiger partial charge in [-0.3, -0.25) is 4.79 Å². The number of nitrogens with zero attached hydrogens (tertiary/aromatic N) is 5. The first-order valence-corrected chi connectivity index (χ1v) is 14.1. The Labute approximate surface area is 231 Å². The molecule has 1 aliphatic carbocycles. The second-order valence-electron chi connectivity index (χ2n) is 11.7. The summed E-state index contributed by atoms with van der Waals surface area (Å²) in [6, 6.07) is 9.02. The molecule has 2 aromatic carbocycles. The van der Waals surface area contributed by atoms with Crippen molar-refractivity contribution >= 4 is 45.9 Å². The molecule has 0 bridgehead atoms. The summed E-state index contributed by atoms with van der Waals surface area (Å²) >= 11 is 12.5. The number of hydrogen-bond donors (Lipinski definition) is 1. The van der Waals surface area contributed by atoms with E-state index in [2.05, 4.69) is 20.1 Å². The number of aliphatic carboxylic acids is 1. The van der Waals surface area contributed by atoms with Crippen molar-refractivity contribution in [1.29, 1.82) is 0 Å². The fraction of sp³-hybridized carbons (Fsp3) is 0.536. The molecular formula is C28H32Cl2FN5O2. The van der Waals surface area contributed by atoms with Crippen molar-refractivity contribution in [3.63, 3.8) is 0 Å². The molecule has 10 heteroatoms. The third-order valence-electron chi connectivity index (χ3n) is 9.13. The van der Waals surface area contributed by atoms with Gasteiger partial charge in [0.25, 0.3) is 0 Å². The van der Waals surface area contributed by atoms with Crippen molar-refractivity contribution in [2.24, 2.45) is 17.3 Å². The number of likely N-dealkylation sites (tertiary alicyclic amines) is 1. The number of hydrogen-bond acceptors (Lipinski definition) is 5. The van der Waals surface area contributed by atoms with Gasteiger partial charge in [-0.2, -0.15) is 0 Å². The largest absolute Gasteiger partial charge is 0.481 e. The molecule has 38 heavy (non-hydrogen) atoms. The summed E-state index contributed by atoms with van der Waals surface area (Å²) in [6.07, 6.45) is 3.83. The standard InChI is InChI=1S/C28H32Cl2FN5O2/c1-16(22-6-5-19(29)8-23(22)30)36-25-10-20(9-24(31)26(25)32-33-36)35-14-18(15-35)17-4-3-7-34(13-17)21-11-28(2,12-21)27(37)38/h5-6,8-10,16-18,21H,3-4,7,11-15H2,1-2H3,(H,37,38)/t16-,17+,21?,28?/m1/s1. The molecule has 7 nitrogen and oxygen atoms in total. The van der Waals surface area contributed by atoms with Crippen LogP contribution in [0.4, 0.5) is 10.1 Å². The number of anilines is 1. The molecule has 2 saturated heterocycles. The number of fused-ring (bicyclic) bond motifs is 1. The molecule has 6 rings (SSSR count). The highest BCUT2D eigenvalue weighted by Gasteiger charge is 2.49. The number of carboxylic acids is 1. The first-order chi connectivity index (χ1) is 18.1. The minimum Gasteiger partial charge on any atom is -0.481 e. The van der Waals surface area contributed by atoms with E-state index >= 15 is 4.39 Å². The molecule has 1 N–H and O–H groups in total. The molecule has 0 spiro atoms. The van der Waals surface area contributed by atoms with E-state index in [0.29, 0.717) is 33.4 Å². The normalized spacial score (nSPS) is 27.2. The van der Waals surface area contributed by atoms with Crippen LogP contribution in [0.5, 0.6) is 0 Å². The zero-order valence-corrected chi connectivity index (χ0v) is 23.1. The molecule has 3 aliphatic rings. The van der Waals surface area contributed by atoms with Gasteiger partial charge in [0.2, 0.25) is 0 Å². The van der Waals surface area contributed by atoms with Crippen LogP contribution in [-0.4, -0.2) is 63.2 Å². The van der Waals surface area contributed by atoms with Gasteiger partial charge < -0.3 is 14.9 Å². The maximum absolute atomic E-state index is 15.1. The van der Waals surface area contributed by atoms with Gasteiger partial charge in [-0.05, 0) is 87.7 Å². The van der Waals surface area contributed by atoms with Crippen LogP contribution in [0.3, 0.4) is 0 Å². The van der Waals surface area contributed by atoms with Crippen LogP contribution >= 0.6 is 23.2 Å². The summed E-state index contributed by atoms with van der Waals surface area (Å²) < 4.78 is 16.8. The summed E-state index contributed by atoms with van der Waals surface area (Å²) in [5.41, 5.74) is 2.00. The number of halogens is 3. The molecule has 0 unspecified atom stereocenters. The lowest BCUT2D eigenvalue weighted by Gasteiger charge is -2.52. The topological polar surface area (TPSA) is 74.5 Å². The second kappa shape index (κ2) is 9.65. The number of rotatable bonds is 6. The van der Waals surface area contributed by atoms with Crippen LogP contribution in [0.15, 0.2) is 30.3 Å². The summed E-state index contributed by atoms with van der Waals surface area (Å²) in [6.45, 7) is 7.69. The SMILES string of the molecule is C[C@H](c1ccc(Cl)cc1Cl)n1nnc2c(F)cc(N3CC([C@H]4CCCN(C5CC(C)(C(=O)O)C5)C4)C3)cc21.